The molecule has 1 unspecified atom stereocenters. The quantitative estimate of drug-likeness (QED) is 0.185. The Morgan fingerprint density at radius 1 is 1.27 bits per heavy atom. The zero-order chi connectivity index (χ0) is 26.5. The van der Waals surface area contributed by atoms with Crippen LogP contribution in [0.25, 0.3) is 11.2 Å². The Hall–Kier alpha value is -2.97. The number of aliphatic hydroxyl groups is 2. The SMILES string of the molecule is C=CCC1[C@@H](n2cnc3c(NCCCC)nc(C#Cc4ccc(Cl)s4)nc32)[C@H](O)[C@H](O)[C@H]1CC(=O)NC. The normalized spacial score (nSPS) is 23.0. The van der Waals surface area contributed by atoms with Gasteiger partial charge in [-0.15, -0.1) is 17.9 Å². The molecule has 0 bridgehead atoms. The number of nitrogens with zero attached hydrogens (tertiary/aromatic N) is 4. The number of aromatic nitrogens is 4. The molecular weight excluding hydrogens is 512 g/mol. The molecule has 1 aliphatic carbocycles. The molecule has 0 aromatic carbocycles. The lowest BCUT2D eigenvalue weighted by molar-refractivity contribution is -0.122. The molecule has 1 saturated carbocycles. The third-order valence-electron chi connectivity index (χ3n) is 6.70. The van der Waals surface area contributed by atoms with Crippen LogP contribution in [-0.2, 0) is 4.79 Å². The number of carbonyl (C=O) groups is 1. The van der Waals surface area contributed by atoms with Gasteiger partial charge in [0.15, 0.2) is 17.0 Å². The molecule has 11 heteroatoms. The van der Waals surface area contributed by atoms with Crippen LogP contribution in [0, 0.1) is 23.7 Å². The molecule has 4 rings (SSSR count). The second kappa shape index (κ2) is 12.0. The van der Waals surface area contributed by atoms with Crippen molar-refractivity contribution in [1.82, 2.24) is 24.8 Å². The zero-order valence-electron chi connectivity index (χ0n) is 20.8. The molecule has 3 aromatic rings. The number of hydrogen-bond acceptors (Lipinski definition) is 8. The number of fused-ring (bicyclic) bond motifs is 1. The van der Waals surface area contributed by atoms with Crippen LogP contribution in [0.3, 0.4) is 0 Å². The number of halogens is 1. The van der Waals surface area contributed by atoms with E-state index >= 15 is 0 Å². The van der Waals surface area contributed by atoms with E-state index in [1.54, 1.807) is 30.1 Å². The first kappa shape index (κ1) is 27.1. The van der Waals surface area contributed by atoms with Crippen LogP contribution in [0.5, 0.6) is 0 Å². The number of allylic oxidation sites excluding steroid dienone is 1. The Balaban J connectivity index is 1.79. The second-order valence-electron chi connectivity index (χ2n) is 9.06. The summed E-state index contributed by atoms with van der Waals surface area (Å²) >= 11 is 7.40. The largest absolute Gasteiger partial charge is 0.390 e. The van der Waals surface area contributed by atoms with Crippen LogP contribution >= 0.6 is 22.9 Å². The second-order valence-corrected chi connectivity index (χ2v) is 10.8. The third-order valence-corrected chi connectivity index (χ3v) is 7.85. The van der Waals surface area contributed by atoms with E-state index in [4.69, 9.17) is 16.6 Å². The maximum absolute atomic E-state index is 12.2. The fraction of sp³-hybridized carbons (Fsp3) is 0.462. The monoisotopic (exact) mass is 542 g/mol. The van der Waals surface area contributed by atoms with Crippen molar-refractivity contribution in [1.29, 1.82) is 0 Å². The molecular formula is C26H31ClN6O3S. The highest BCUT2D eigenvalue weighted by molar-refractivity contribution is 7.16. The molecule has 196 valence electrons. The predicted molar refractivity (Wildman–Crippen MR) is 146 cm³/mol. The summed E-state index contributed by atoms with van der Waals surface area (Å²) in [5.74, 6) is 6.02. The fourth-order valence-corrected chi connectivity index (χ4v) is 5.77. The first-order valence-corrected chi connectivity index (χ1v) is 13.5. The molecule has 3 aromatic heterocycles. The molecule has 1 amide bonds. The van der Waals surface area contributed by atoms with E-state index in [0.29, 0.717) is 40.1 Å². The summed E-state index contributed by atoms with van der Waals surface area (Å²) in [4.78, 5) is 26.9. The number of thiophene rings is 1. The lowest BCUT2D eigenvalue weighted by atomic mass is 9.87. The van der Waals surface area contributed by atoms with Gasteiger partial charge in [0.1, 0.15) is 6.10 Å². The van der Waals surface area contributed by atoms with Crippen LogP contribution < -0.4 is 10.6 Å². The van der Waals surface area contributed by atoms with Gasteiger partial charge < -0.3 is 25.4 Å². The van der Waals surface area contributed by atoms with Crippen molar-refractivity contribution in [3.63, 3.8) is 0 Å². The van der Waals surface area contributed by atoms with Gasteiger partial charge in [0.2, 0.25) is 11.7 Å². The minimum atomic E-state index is -1.12. The van der Waals surface area contributed by atoms with Crippen LogP contribution in [0.1, 0.15) is 49.4 Å². The number of aliphatic hydroxyl groups excluding tert-OH is 2. The Kier molecular flexibility index (Phi) is 8.82. The maximum atomic E-state index is 12.2. The van der Waals surface area contributed by atoms with Crippen molar-refractivity contribution in [2.75, 3.05) is 18.9 Å². The molecule has 0 radical (unpaired) electrons. The lowest BCUT2D eigenvalue weighted by Gasteiger charge is -2.25. The van der Waals surface area contributed by atoms with Crippen LogP contribution in [0.15, 0.2) is 31.1 Å². The van der Waals surface area contributed by atoms with Gasteiger partial charge in [0.05, 0.1) is 27.7 Å². The number of rotatable bonds is 9. The Bertz CT molecular complexity index is 1330. The van der Waals surface area contributed by atoms with Crippen LogP contribution in [0.2, 0.25) is 4.34 Å². The van der Waals surface area contributed by atoms with Crippen molar-refractivity contribution in [2.24, 2.45) is 11.8 Å². The van der Waals surface area contributed by atoms with Gasteiger partial charge in [-0.25, -0.2) is 15.0 Å². The molecule has 5 atom stereocenters. The Morgan fingerprint density at radius 3 is 2.76 bits per heavy atom. The van der Waals surface area contributed by atoms with Gasteiger partial charge in [-0.1, -0.05) is 31.0 Å². The highest BCUT2D eigenvalue weighted by Gasteiger charge is 2.50. The summed E-state index contributed by atoms with van der Waals surface area (Å²) in [6.07, 6.45) is 3.71. The highest BCUT2D eigenvalue weighted by atomic mass is 35.5. The molecule has 0 spiro atoms. The summed E-state index contributed by atoms with van der Waals surface area (Å²) in [5.41, 5.74) is 1.04. The number of anilines is 1. The topological polar surface area (TPSA) is 125 Å². The maximum Gasteiger partial charge on any atom is 0.220 e. The average molecular weight is 543 g/mol. The van der Waals surface area contributed by atoms with E-state index in [9.17, 15) is 15.0 Å². The van der Waals surface area contributed by atoms with Gasteiger partial charge in [-0.05, 0) is 42.7 Å². The van der Waals surface area contributed by atoms with Gasteiger partial charge in [-0.2, -0.15) is 0 Å². The van der Waals surface area contributed by atoms with E-state index in [1.165, 1.54) is 11.3 Å². The van der Waals surface area contributed by atoms with E-state index < -0.39 is 24.2 Å². The van der Waals surface area contributed by atoms with Gasteiger partial charge in [-0.3, -0.25) is 4.79 Å². The minimum Gasteiger partial charge on any atom is -0.390 e. The highest BCUT2D eigenvalue weighted by Crippen LogP contribution is 2.45. The lowest BCUT2D eigenvalue weighted by Crippen LogP contribution is -2.31. The number of unbranched alkanes of at least 4 members (excludes halogenated alkanes) is 1. The number of hydrogen-bond donors (Lipinski definition) is 4. The van der Waals surface area contributed by atoms with Crippen LogP contribution in [0.4, 0.5) is 5.82 Å². The molecule has 37 heavy (non-hydrogen) atoms. The minimum absolute atomic E-state index is 0.0925. The number of nitrogens with one attached hydrogen (secondary N) is 2. The van der Waals surface area contributed by atoms with E-state index in [-0.39, 0.29) is 18.2 Å². The summed E-state index contributed by atoms with van der Waals surface area (Å²) in [6, 6.07) is 3.06. The third kappa shape index (κ3) is 5.80. The molecule has 9 nitrogen and oxygen atoms in total. The van der Waals surface area contributed by atoms with Crippen molar-refractivity contribution >= 4 is 45.8 Å². The molecule has 4 N–H and O–H groups in total. The smallest absolute Gasteiger partial charge is 0.220 e. The summed E-state index contributed by atoms with van der Waals surface area (Å²) in [7, 11) is 1.56. The molecule has 1 fully saturated rings. The first-order valence-electron chi connectivity index (χ1n) is 12.3. The number of carbonyl (C=O) groups excluding carboxylic acids is 1. The molecule has 3 heterocycles. The van der Waals surface area contributed by atoms with Crippen molar-refractivity contribution in [3.05, 3.63) is 46.2 Å². The van der Waals surface area contributed by atoms with Crippen LogP contribution in [-0.4, -0.2) is 61.4 Å². The molecule has 0 aliphatic heterocycles. The number of amides is 1. The predicted octanol–water partition coefficient (Wildman–Crippen LogP) is 3.37. The van der Waals surface area contributed by atoms with Gasteiger partial charge in [0, 0.05) is 25.9 Å². The van der Waals surface area contributed by atoms with Crippen molar-refractivity contribution in [3.8, 4) is 11.8 Å². The summed E-state index contributed by atoms with van der Waals surface area (Å²) in [5, 5.41) is 28.0. The summed E-state index contributed by atoms with van der Waals surface area (Å²) < 4.78 is 2.43. The van der Waals surface area contributed by atoms with Crippen molar-refractivity contribution < 1.29 is 15.0 Å². The summed E-state index contributed by atoms with van der Waals surface area (Å²) in [6.45, 7) is 6.68. The Morgan fingerprint density at radius 2 is 2.08 bits per heavy atom. The standard InChI is InChI=1S/C26H31ClN6O3S/c1-4-6-12-29-25-21-26(32-19(31-25)11-9-15-8-10-18(27)37-15)33(14-30-21)22-16(7-5-2)17(13-20(34)28-3)23(35)24(22)36/h5,8,10,14,16-17,22-24,35-36H,2,4,6-7,12-13H2,1,3H3,(H,28,34)(H,29,31,32)/t16?,17-,22+,23+,24-/m0/s1. The number of imidazole rings is 1. The average Bonchev–Trinajstić information content (AvgIpc) is 3.56. The first-order chi connectivity index (χ1) is 17.9. The van der Waals surface area contributed by atoms with E-state index in [2.05, 4.69) is 45.9 Å². The van der Waals surface area contributed by atoms with E-state index in [0.717, 1.165) is 17.7 Å². The van der Waals surface area contributed by atoms with Gasteiger partial charge >= 0.3 is 0 Å². The molecule has 1 aliphatic rings. The zero-order valence-corrected chi connectivity index (χ0v) is 22.4. The molecule has 0 saturated heterocycles. The van der Waals surface area contributed by atoms with E-state index in [1.807, 2.05) is 6.07 Å². The Labute approximate surface area is 225 Å². The van der Waals surface area contributed by atoms with Crippen molar-refractivity contribution in [2.45, 2.75) is 50.9 Å². The van der Waals surface area contributed by atoms with Gasteiger partial charge in [0.25, 0.3) is 0 Å². The fourth-order valence-electron chi connectivity index (χ4n) is 4.88.